The number of carbonyl (C=O) groups is 1. The van der Waals surface area contributed by atoms with Crippen LogP contribution in [0.4, 0.5) is 0 Å². The molecule has 84 heavy (non-hydrogen) atoms. The maximum atomic E-state index is 13.3. The van der Waals surface area contributed by atoms with Crippen LogP contribution in [0.25, 0.3) is 0 Å². The van der Waals surface area contributed by atoms with Gasteiger partial charge in [0.1, 0.15) is 48.8 Å². The Bertz CT molecular complexity index is 1690. The summed E-state index contributed by atoms with van der Waals surface area (Å²) < 4.78 is 22.8. The molecule has 2 aliphatic rings. The van der Waals surface area contributed by atoms with Crippen LogP contribution >= 0.6 is 0 Å². The lowest BCUT2D eigenvalue weighted by molar-refractivity contribution is -0.359. The topological polar surface area (TPSA) is 228 Å². The predicted octanol–water partition coefficient (Wildman–Crippen LogP) is 13.5. The van der Waals surface area contributed by atoms with Gasteiger partial charge in [0, 0.05) is 6.42 Å². The third-order valence-corrected chi connectivity index (χ3v) is 16.4. The lowest BCUT2D eigenvalue weighted by Crippen LogP contribution is -2.65. The van der Waals surface area contributed by atoms with Gasteiger partial charge in [-0.15, -0.1) is 0 Å². The smallest absolute Gasteiger partial charge is 0.220 e. The second-order valence-electron chi connectivity index (χ2n) is 23.9. The Morgan fingerprint density at radius 2 is 0.821 bits per heavy atom. The maximum absolute atomic E-state index is 13.3. The molecule has 1 amide bonds. The highest BCUT2D eigenvalue weighted by atomic mass is 16.7. The minimum atomic E-state index is -1.79. The monoisotopic (exact) mass is 1190 g/mol. The fourth-order valence-electron chi connectivity index (χ4n) is 11.0. The highest BCUT2D eigenvalue weighted by Gasteiger charge is 2.51. The molecular weight excluding hydrogens is 1060 g/mol. The first-order chi connectivity index (χ1) is 41.1. The highest BCUT2D eigenvalue weighted by Crippen LogP contribution is 2.30. The van der Waals surface area contributed by atoms with Gasteiger partial charge >= 0.3 is 0 Å². The Labute approximate surface area is 510 Å². The van der Waals surface area contributed by atoms with Crippen molar-refractivity contribution in [2.75, 3.05) is 19.8 Å². The molecule has 12 atom stereocenters. The van der Waals surface area contributed by atoms with Gasteiger partial charge in [0.2, 0.25) is 5.91 Å². The number of nitrogens with one attached hydrogen (secondary N) is 1. The number of hydrogen-bond donors (Lipinski definition) is 9. The van der Waals surface area contributed by atoms with Gasteiger partial charge in [-0.1, -0.05) is 273 Å². The molecular formula is C70H125NO13. The molecule has 0 aromatic heterocycles. The predicted molar refractivity (Wildman–Crippen MR) is 341 cm³/mol. The average molecular weight is 1190 g/mol. The number of unbranched alkanes of at least 4 members (excludes halogenated alkanes) is 32. The number of aliphatic hydroxyl groups excluding tert-OH is 8. The molecule has 0 bridgehead atoms. The molecule has 0 aromatic rings. The number of carbonyl (C=O) groups excluding carboxylic acids is 1. The third kappa shape index (κ3) is 38.7. The lowest BCUT2D eigenvalue weighted by Gasteiger charge is -2.46. The van der Waals surface area contributed by atoms with E-state index in [1.807, 2.05) is 6.08 Å². The normalized spacial score (nSPS) is 24.1. The Balaban J connectivity index is 1.58. The van der Waals surface area contributed by atoms with Crippen molar-refractivity contribution in [2.45, 2.75) is 344 Å². The number of hydrogen-bond acceptors (Lipinski definition) is 13. The van der Waals surface area contributed by atoms with Crippen molar-refractivity contribution < 1.29 is 64.6 Å². The molecule has 14 heteroatoms. The molecule has 0 aromatic carbocycles. The van der Waals surface area contributed by atoms with Crippen molar-refractivity contribution in [3.63, 3.8) is 0 Å². The molecule has 12 unspecified atom stereocenters. The fourth-order valence-corrected chi connectivity index (χ4v) is 11.0. The minimum Gasteiger partial charge on any atom is -0.394 e. The lowest BCUT2D eigenvalue weighted by atomic mass is 9.97. The van der Waals surface area contributed by atoms with E-state index in [-0.39, 0.29) is 18.9 Å². The fraction of sp³-hybridized carbons (Fsp3) is 0.814. The summed E-state index contributed by atoms with van der Waals surface area (Å²) in [6, 6.07) is -0.914. The van der Waals surface area contributed by atoms with Gasteiger partial charge in [-0.3, -0.25) is 4.79 Å². The quantitative estimate of drug-likeness (QED) is 0.0204. The van der Waals surface area contributed by atoms with E-state index in [1.165, 1.54) is 173 Å². The summed E-state index contributed by atoms with van der Waals surface area (Å²) in [6.45, 7) is 2.69. The number of amides is 1. The zero-order chi connectivity index (χ0) is 60.9. The molecule has 0 saturated carbocycles. The van der Waals surface area contributed by atoms with Crippen LogP contribution in [0.5, 0.6) is 0 Å². The second-order valence-corrected chi connectivity index (χ2v) is 23.9. The van der Waals surface area contributed by atoms with E-state index in [0.29, 0.717) is 6.42 Å². The molecule has 14 nitrogen and oxygen atoms in total. The van der Waals surface area contributed by atoms with E-state index in [4.69, 9.17) is 18.9 Å². The molecule has 488 valence electrons. The molecule has 2 rings (SSSR count). The highest BCUT2D eigenvalue weighted by molar-refractivity contribution is 5.76. The van der Waals surface area contributed by atoms with Gasteiger partial charge in [-0.05, 0) is 64.2 Å². The van der Waals surface area contributed by atoms with Crippen LogP contribution in [-0.4, -0.2) is 140 Å². The number of allylic oxidation sites excluding steroid dienone is 11. The van der Waals surface area contributed by atoms with Gasteiger partial charge in [0.25, 0.3) is 0 Å². The molecule has 0 radical (unpaired) electrons. The zero-order valence-corrected chi connectivity index (χ0v) is 52.9. The van der Waals surface area contributed by atoms with Crippen LogP contribution in [0, 0.1) is 0 Å². The summed E-state index contributed by atoms with van der Waals surface area (Å²) in [5.74, 6) is -0.238. The van der Waals surface area contributed by atoms with Crippen LogP contribution in [0.2, 0.25) is 0 Å². The van der Waals surface area contributed by atoms with Crippen molar-refractivity contribution in [3.8, 4) is 0 Å². The van der Waals surface area contributed by atoms with Gasteiger partial charge in [0.15, 0.2) is 12.6 Å². The first-order valence-electron chi connectivity index (χ1n) is 34.2. The van der Waals surface area contributed by atoms with Crippen LogP contribution in [-0.2, 0) is 23.7 Å². The molecule has 2 aliphatic heterocycles. The number of ether oxygens (including phenoxy) is 4. The summed E-state index contributed by atoms with van der Waals surface area (Å²) in [7, 11) is 0. The van der Waals surface area contributed by atoms with Crippen molar-refractivity contribution in [1.82, 2.24) is 5.32 Å². The van der Waals surface area contributed by atoms with Crippen LogP contribution in [0.3, 0.4) is 0 Å². The van der Waals surface area contributed by atoms with Gasteiger partial charge in [-0.2, -0.15) is 0 Å². The maximum Gasteiger partial charge on any atom is 0.220 e. The largest absolute Gasteiger partial charge is 0.394 e. The molecule has 2 heterocycles. The van der Waals surface area contributed by atoms with E-state index < -0.39 is 86.8 Å². The van der Waals surface area contributed by atoms with Crippen LogP contribution in [0.15, 0.2) is 72.9 Å². The average Bonchev–Trinajstić information content (AvgIpc) is 2.58. The Hall–Kier alpha value is -2.57. The van der Waals surface area contributed by atoms with Crippen molar-refractivity contribution >= 4 is 5.91 Å². The van der Waals surface area contributed by atoms with Crippen molar-refractivity contribution in [2.24, 2.45) is 0 Å². The number of rotatable bonds is 55. The molecule has 2 saturated heterocycles. The molecule has 0 aliphatic carbocycles. The summed E-state index contributed by atoms with van der Waals surface area (Å²) in [5, 5.41) is 87.2. The van der Waals surface area contributed by atoms with Gasteiger partial charge in [0.05, 0.1) is 32.0 Å². The first-order valence-corrected chi connectivity index (χ1v) is 34.2. The zero-order valence-electron chi connectivity index (χ0n) is 52.9. The van der Waals surface area contributed by atoms with Gasteiger partial charge < -0.3 is 65.1 Å². The summed E-state index contributed by atoms with van der Waals surface area (Å²) in [5.41, 5.74) is 0. The molecule has 9 N–H and O–H groups in total. The van der Waals surface area contributed by atoms with Crippen LogP contribution in [0.1, 0.15) is 271 Å². The third-order valence-electron chi connectivity index (χ3n) is 16.4. The Morgan fingerprint density at radius 1 is 0.440 bits per heavy atom. The SMILES string of the molecule is CC/C=C\C/C=C\C/C=C\C/C=C\C/C=C\CCCCCCCCCCCCCCCCCCCCCCCC(=O)NC(COC1OC(CO)C(OC2OC(CO)C(O)C(O)C2O)C(O)C1O)C(O)/C=C/CCCCCCCCCCCCC. The van der Waals surface area contributed by atoms with Crippen molar-refractivity contribution in [1.29, 1.82) is 0 Å². The van der Waals surface area contributed by atoms with E-state index in [1.54, 1.807) is 6.08 Å². The standard InChI is InChI=1S/C70H125NO13/c1-3-5-7-9-11-13-15-17-18-19-20-21-22-23-24-25-26-27-28-29-30-31-32-33-34-35-36-37-38-39-40-42-44-46-48-50-52-54-62(75)71-58(59(74)53-51-49-47-45-43-41-16-14-12-10-8-6-4-2)57-81-69-67(80)65(78)68(61(56-73)83-69)84-70-66(79)64(77)63(76)60(55-72)82-70/h5,7,11,13,17-18,20-21,23-24,51,53,58-61,63-70,72-74,76-80H,3-4,6,8-10,12,14-16,19,22,25-50,52,54-57H2,1-2H3,(H,71,75)/b7-5-,13-11-,18-17-,21-20-,24-23-,53-51+. The second kappa shape index (κ2) is 54.6. The van der Waals surface area contributed by atoms with Gasteiger partial charge in [-0.25, -0.2) is 0 Å². The van der Waals surface area contributed by atoms with E-state index in [0.717, 1.165) is 70.6 Å². The van der Waals surface area contributed by atoms with E-state index in [2.05, 4.69) is 79.9 Å². The van der Waals surface area contributed by atoms with E-state index in [9.17, 15) is 45.6 Å². The summed E-state index contributed by atoms with van der Waals surface area (Å²) in [4.78, 5) is 13.3. The van der Waals surface area contributed by atoms with E-state index >= 15 is 0 Å². The Kier molecular flexibility index (Phi) is 50.4. The number of aliphatic hydroxyl groups is 8. The summed E-state index contributed by atoms with van der Waals surface area (Å²) >= 11 is 0. The Morgan fingerprint density at radius 3 is 1.26 bits per heavy atom. The van der Waals surface area contributed by atoms with Crippen molar-refractivity contribution in [3.05, 3.63) is 72.9 Å². The molecule has 0 spiro atoms. The summed E-state index contributed by atoms with van der Waals surface area (Å²) in [6.07, 6.45) is 56.9. The first kappa shape index (κ1) is 77.5. The van der Waals surface area contributed by atoms with Crippen LogP contribution < -0.4 is 5.32 Å². The molecule has 2 fully saturated rings. The minimum absolute atomic E-state index is 0.238.